The van der Waals surface area contributed by atoms with Gasteiger partial charge in [0.15, 0.2) is 0 Å². The van der Waals surface area contributed by atoms with Gasteiger partial charge in [-0.2, -0.15) is 0 Å². The lowest BCUT2D eigenvalue weighted by atomic mass is 10.4. The average Bonchev–Trinajstić information content (AvgIpc) is 1.66. The number of hydrogen-bond donors (Lipinski definition) is 0. The molecule has 0 spiro atoms. The van der Waals surface area contributed by atoms with Crippen molar-refractivity contribution in [3.63, 3.8) is 0 Å². The molecule has 0 aliphatic rings. The molecule has 2 nitrogen and oxygen atoms in total. The maximum Gasteiger partial charge on any atom is 0.302 e. The van der Waals surface area contributed by atoms with Gasteiger partial charge in [-0.3, -0.25) is 4.79 Å². The van der Waals surface area contributed by atoms with Crippen LogP contribution < -0.4 is 0 Å². The molecule has 16 heavy (non-hydrogen) atoms. The molecule has 0 amide bonds. The van der Waals surface area contributed by atoms with Gasteiger partial charge in [0, 0.05) is 6.92 Å². The molecule has 0 bridgehead atoms. The summed E-state index contributed by atoms with van der Waals surface area (Å²) >= 11 is 0. The largest absolute Gasteiger partial charge is 0.466 e. The second kappa shape index (κ2) is 62.7. The number of carbonyl (C=O) groups excluding carboxylic acids is 1. The molecule has 2 heteroatoms. The van der Waals surface area contributed by atoms with Crippen LogP contribution in [0.25, 0.3) is 0 Å². The van der Waals surface area contributed by atoms with Crippen LogP contribution >= 0.6 is 0 Å². The summed E-state index contributed by atoms with van der Waals surface area (Å²) in [5.41, 5.74) is 0. The van der Waals surface area contributed by atoms with Crippen LogP contribution in [0.3, 0.4) is 0 Å². The Labute approximate surface area is 109 Å². The molecule has 0 fully saturated rings. The predicted molar refractivity (Wildman–Crippen MR) is 85.4 cm³/mol. The van der Waals surface area contributed by atoms with E-state index in [1.165, 1.54) is 6.92 Å². The molecule has 0 atom stereocenters. The zero-order valence-corrected chi connectivity index (χ0v) is 5.44. The van der Waals surface area contributed by atoms with E-state index in [0.717, 1.165) is 12.8 Å². The highest BCUT2D eigenvalue weighted by atomic mass is 16.5. The quantitative estimate of drug-likeness (QED) is 0.422. The van der Waals surface area contributed by atoms with Crippen LogP contribution in [0.15, 0.2) is 0 Å². The van der Waals surface area contributed by atoms with Crippen LogP contribution in [0.1, 0.15) is 86.1 Å². The molecule has 0 aliphatic carbocycles. The van der Waals surface area contributed by atoms with Gasteiger partial charge in [0.25, 0.3) is 0 Å². The van der Waals surface area contributed by atoms with Gasteiger partial charge in [-0.15, -0.1) is 0 Å². The fourth-order valence-corrected chi connectivity index (χ4v) is 0.360. The minimum absolute atomic E-state index is 0. The van der Waals surface area contributed by atoms with Gasteiger partial charge in [-0.05, 0) is 6.42 Å². The van der Waals surface area contributed by atoms with Crippen LogP contribution in [-0.2, 0) is 9.53 Å². The van der Waals surface area contributed by atoms with Crippen molar-refractivity contribution in [2.75, 3.05) is 6.61 Å². The first-order valence-electron chi connectivity index (χ1n) is 2.90. The van der Waals surface area contributed by atoms with Gasteiger partial charge >= 0.3 is 5.97 Å². The van der Waals surface area contributed by atoms with E-state index < -0.39 is 0 Å². The van der Waals surface area contributed by atoms with Gasteiger partial charge in [0.2, 0.25) is 0 Å². The summed E-state index contributed by atoms with van der Waals surface area (Å²) < 4.78 is 4.64. The van der Waals surface area contributed by atoms with E-state index in [9.17, 15) is 4.79 Å². The molecular formula is C14H44O2. The van der Waals surface area contributed by atoms with Crippen molar-refractivity contribution in [1.82, 2.24) is 0 Å². The number of esters is 1. The lowest BCUT2D eigenvalue weighted by Crippen LogP contribution is -1.99. The van der Waals surface area contributed by atoms with E-state index >= 15 is 0 Å². The third kappa shape index (κ3) is 105. The Kier molecular flexibility index (Phi) is 303. The highest BCUT2D eigenvalue weighted by Crippen LogP contribution is 1.86. The summed E-state index contributed by atoms with van der Waals surface area (Å²) in [6, 6.07) is 0. The van der Waals surface area contributed by atoms with Crippen LogP contribution in [-0.4, -0.2) is 12.6 Å². The third-order valence-corrected chi connectivity index (χ3v) is 0.803. The van der Waals surface area contributed by atoms with Crippen LogP contribution in [0.4, 0.5) is 0 Å². The second-order valence-electron chi connectivity index (χ2n) is 1.69. The van der Waals surface area contributed by atoms with Crippen molar-refractivity contribution >= 4 is 5.97 Å². The summed E-state index contributed by atoms with van der Waals surface area (Å²) in [5.74, 6) is -0.182. The Hall–Kier alpha value is -0.530. The Morgan fingerprint density at radius 3 is 1.38 bits per heavy atom. The van der Waals surface area contributed by atoms with Crippen molar-refractivity contribution in [1.29, 1.82) is 0 Å². The second-order valence-corrected chi connectivity index (χ2v) is 1.69. The number of carbonyl (C=O) groups is 1. The van der Waals surface area contributed by atoms with E-state index in [2.05, 4.69) is 11.7 Å². The predicted octanol–water partition coefficient (Wildman–Crippen LogP) is 6.44. The molecule has 0 aromatic rings. The molecule has 0 rings (SSSR count). The van der Waals surface area contributed by atoms with Gasteiger partial charge in [0.05, 0.1) is 6.61 Å². The molecule has 0 aliphatic heterocycles. The minimum atomic E-state index is -0.182. The molecule has 0 aromatic heterocycles. The van der Waals surface area contributed by atoms with Crippen molar-refractivity contribution in [3.05, 3.63) is 0 Å². The summed E-state index contributed by atoms with van der Waals surface area (Å²) in [6.07, 6.45) is 2.05. The number of unbranched alkanes of at least 4 members (excludes halogenated alkanes) is 1. The summed E-state index contributed by atoms with van der Waals surface area (Å²) in [5, 5.41) is 0. The molecular weight excluding hydrogens is 200 g/mol. The van der Waals surface area contributed by atoms with Crippen molar-refractivity contribution in [2.45, 2.75) is 86.1 Å². The maximum absolute atomic E-state index is 10.1. The number of rotatable bonds is 3. The highest BCUT2D eigenvalue weighted by Gasteiger charge is 1.88. The van der Waals surface area contributed by atoms with E-state index in [1.54, 1.807) is 0 Å². The van der Waals surface area contributed by atoms with E-state index in [-0.39, 0.29) is 65.4 Å². The molecule has 0 N–H and O–H groups in total. The number of hydrogen-bond acceptors (Lipinski definition) is 2. The Balaban J connectivity index is -0.00000000875. The molecule has 0 heterocycles. The lowest BCUT2D eigenvalue weighted by molar-refractivity contribution is -0.141. The van der Waals surface area contributed by atoms with E-state index in [1.807, 2.05) is 0 Å². The average molecular weight is 245 g/mol. The normalized spacial score (nSPS) is 4.38. The molecule has 112 valence electrons. The van der Waals surface area contributed by atoms with Gasteiger partial charge in [-0.1, -0.05) is 72.8 Å². The van der Waals surface area contributed by atoms with Gasteiger partial charge in [-0.25, -0.2) is 0 Å². The maximum atomic E-state index is 10.1. The smallest absolute Gasteiger partial charge is 0.302 e. The van der Waals surface area contributed by atoms with Crippen molar-refractivity contribution in [2.24, 2.45) is 0 Å². The standard InChI is InChI=1S/C6H12O2.8CH4/c1-3-4-5-8-6(2)7;;;;;;;;/h3-5H2,1-2H3;8*1H4. The first-order chi connectivity index (χ1) is 3.77. The monoisotopic (exact) mass is 244 g/mol. The fourth-order valence-electron chi connectivity index (χ4n) is 0.360. The lowest BCUT2D eigenvalue weighted by Gasteiger charge is -1.96. The zero-order valence-electron chi connectivity index (χ0n) is 5.44. The SMILES string of the molecule is C.C.C.C.C.C.C.C.CCCCOC(C)=O. The molecule has 0 unspecified atom stereocenters. The van der Waals surface area contributed by atoms with E-state index in [4.69, 9.17) is 0 Å². The van der Waals surface area contributed by atoms with E-state index in [0.29, 0.717) is 6.61 Å². The first kappa shape index (κ1) is 77.4. The summed E-state index contributed by atoms with van der Waals surface area (Å²) in [7, 11) is 0. The summed E-state index contributed by atoms with van der Waals surface area (Å²) in [6.45, 7) is 4.06. The van der Waals surface area contributed by atoms with Crippen molar-refractivity contribution < 1.29 is 9.53 Å². The molecule has 0 saturated heterocycles. The summed E-state index contributed by atoms with van der Waals surface area (Å²) in [4.78, 5) is 10.1. The van der Waals surface area contributed by atoms with Crippen LogP contribution in [0.5, 0.6) is 0 Å². The van der Waals surface area contributed by atoms with Crippen LogP contribution in [0, 0.1) is 0 Å². The number of ether oxygens (including phenoxy) is 1. The van der Waals surface area contributed by atoms with Crippen molar-refractivity contribution in [3.8, 4) is 0 Å². The highest BCUT2D eigenvalue weighted by molar-refractivity contribution is 5.65. The fraction of sp³-hybridized carbons (Fsp3) is 0.929. The van der Waals surface area contributed by atoms with Gasteiger partial charge < -0.3 is 4.74 Å². The Morgan fingerprint density at radius 2 is 1.19 bits per heavy atom. The first-order valence-corrected chi connectivity index (χ1v) is 2.90. The minimum Gasteiger partial charge on any atom is -0.466 e. The molecule has 0 saturated carbocycles. The third-order valence-electron chi connectivity index (χ3n) is 0.803. The topological polar surface area (TPSA) is 26.3 Å². The molecule has 0 radical (unpaired) electrons. The Morgan fingerprint density at radius 1 is 0.875 bits per heavy atom. The molecule has 0 aromatic carbocycles. The van der Waals surface area contributed by atoms with Gasteiger partial charge in [0.1, 0.15) is 0 Å². The Bertz CT molecular complexity index is 71.1. The van der Waals surface area contributed by atoms with Crippen LogP contribution in [0.2, 0.25) is 0 Å². The zero-order chi connectivity index (χ0) is 6.41.